The molecule has 0 aliphatic heterocycles. The lowest BCUT2D eigenvalue weighted by molar-refractivity contribution is -0.138. The van der Waals surface area contributed by atoms with Crippen molar-refractivity contribution in [2.45, 2.75) is 13.1 Å². The van der Waals surface area contributed by atoms with E-state index in [1.54, 1.807) is 0 Å². The number of anilines is 1. The van der Waals surface area contributed by atoms with Crippen LogP contribution in [0.25, 0.3) is 0 Å². The lowest BCUT2D eigenvalue weighted by Crippen LogP contribution is -2.08. The molecule has 5 heteroatoms. The Hall–Kier alpha value is -1.39. The average molecular weight is 191 g/mol. The van der Waals surface area contributed by atoms with Crippen LogP contribution in [0.15, 0.2) is 12.1 Å². The minimum Gasteiger partial charge on any atom is -0.506 e. The summed E-state index contributed by atoms with van der Waals surface area (Å²) in [6, 6.07) is 1.73. The SMILES string of the molecule is Cc1cc(O)c(N)cc1C(F)(F)F. The summed E-state index contributed by atoms with van der Waals surface area (Å²) < 4.78 is 36.7. The first-order chi connectivity index (χ1) is 5.82. The van der Waals surface area contributed by atoms with Crippen LogP contribution < -0.4 is 5.73 Å². The van der Waals surface area contributed by atoms with E-state index >= 15 is 0 Å². The predicted octanol–water partition coefficient (Wildman–Crippen LogP) is 2.30. The van der Waals surface area contributed by atoms with Crippen LogP contribution in [-0.2, 0) is 6.18 Å². The first kappa shape index (κ1) is 9.70. The standard InChI is InChI=1S/C8H8F3NO/c1-4-2-7(13)6(12)3-5(4)8(9,10)11/h2-3,13H,12H2,1H3. The van der Waals surface area contributed by atoms with Crippen molar-refractivity contribution in [2.75, 3.05) is 5.73 Å². The second kappa shape index (κ2) is 2.83. The topological polar surface area (TPSA) is 46.2 Å². The molecule has 0 aromatic heterocycles. The number of hydrogen-bond donors (Lipinski definition) is 2. The molecule has 3 N–H and O–H groups in total. The Morgan fingerprint density at radius 3 is 2.31 bits per heavy atom. The molecule has 0 heterocycles. The number of rotatable bonds is 0. The predicted molar refractivity (Wildman–Crippen MR) is 42.3 cm³/mol. The van der Waals surface area contributed by atoms with Crippen LogP contribution in [0.5, 0.6) is 5.75 Å². The minimum atomic E-state index is -4.42. The van der Waals surface area contributed by atoms with Gasteiger partial charge in [0.05, 0.1) is 11.3 Å². The number of halogens is 3. The summed E-state index contributed by atoms with van der Waals surface area (Å²) in [4.78, 5) is 0. The molecule has 72 valence electrons. The fraction of sp³-hybridized carbons (Fsp3) is 0.250. The van der Waals surface area contributed by atoms with Gasteiger partial charge < -0.3 is 10.8 Å². The first-order valence-electron chi connectivity index (χ1n) is 3.48. The van der Waals surface area contributed by atoms with Crippen LogP contribution in [0.2, 0.25) is 0 Å². The summed E-state index contributed by atoms with van der Waals surface area (Å²) in [6.45, 7) is 1.27. The van der Waals surface area contributed by atoms with Gasteiger partial charge >= 0.3 is 6.18 Å². The third-order valence-corrected chi connectivity index (χ3v) is 1.68. The number of alkyl halides is 3. The summed E-state index contributed by atoms with van der Waals surface area (Å²) in [6.07, 6.45) is -4.42. The van der Waals surface area contributed by atoms with E-state index in [-0.39, 0.29) is 17.0 Å². The molecule has 1 aromatic carbocycles. The molecule has 0 unspecified atom stereocenters. The Morgan fingerprint density at radius 1 is 1.31 bits per heavy atom. The molecule has 13 heavy (non-hydrogen) atoms. The fourth-order valence-electron chi connectivity index (χ4n) is 1.01. The first-order valence-corrected chi connectivity index (χ1v) is 3.48. The summed E-state index contributed by atoms with van der Waals surface area (Å²) in [7, 11) is 0. The molecule has 0 aliphatic carbocycles. The Labute approximate surface area is 72.8 Å². The van der Waals surface area contributed by atoms with Gasteiger partial charge in [0.15, 0.2) is 0 Å². The summed E-state index contributed by atoms with van der Waals surface area (Å²) in [5, 5.41) is 9.00. The van der Waals surface area contributed by atoms with Crippen molar-refractivity contribution >= 4 is 5.69 Å². The Kier molecular flexibility index (Phi) is 2.11. The number of hydrogen-bond acceptors (Lipinski definition) is 2. The normalized spacial score (nSPS) is 11.7. The van der Waals surface area contributed by atoms with E-state index in [1.807, 2.05) is 0 Å². The molecule has 0 bridgehead atoms. The average Bonchev–Trinajstić information content (AvgIpc) is 1.94. The van der Waals surface area contributed by atoms with Gasteiger partial charge in [0, 0.05) is 0 Å². The molecule has 2 nitrogen and oxygen atoms in total. The zero-order valence-electron chi connectivity index (χ0n) is 6.81. The van der Waals surface area contributed by atoms with Gasteiger partial charge in [0.1, 0.15) is 5.75 Å². The second-order valence-electron chi connectivity index (χ2n) is 2.72. The van der Waals surface area contributed by atoms with Crippen LogP contribution in [-0.4, -0.2) is 5.11 Å². The van der Waals surface area contributed by atoms with Crippen LogP contribution in [0.3, 0.4) is 0 Å². The summed E-state index contributed by atoms with van der Waals surface area (Å²) in [5.74, 6) is -0.328. The molecule has 0 fully saturated rings. The highest BCUT2D eigenvalue weighted by atomic mass is 19.4. The van der Waals surface area contributed by atoms with Crippen LogP contribution in [0.4, 0.5) is 18.9 Å². The van der Waals surface area contributed by atoms with Gasteiger partial charge in [-0.3, -0.25) is 0 Å². The van der Waals surface area contributed by atoms with E-state index < -0.39 is 11.7 Å². The summed E-state index contributed by atoms with van der Waals surface area (Å²) >= 11 is 0. The number of phenols is 1. The van der Waals surface area contributed by atoms with Crippen molar-refractivity contribution in [3.8, 4) is 5.75 Å². The third-order valence-electron chi connectivity index (χ3n) is 1.68. The van der Waals surface area contributed by atoms with Crippen LogP contribution in [0.1, 0.15) is 11.1 Å². The van der Waals surface area contributed by atoms with Crippen molar-refractivity contribution in [3.05, 3.63) is 23.3 Å². The maximum Gasteiger partial charge on any atom is 0.416 e. The van der Waals surface area contributed by atoms with Crippen molar-refractivity contribution in [1.29, 1.82) is 0 Å². The minimum absolute atomic E-state index is 0.0424. The molecular weight excluding hydrogens is 183 g/mol. The molecule has 0 saturated heterocycles. The Morgan fingerprint density at radius 2 is 1.85 bits per heavy atom. The Balaban J connectivity index is 3.32. The molecular formula is C8H8F3NO. The third kappa shape index (κ3) is 1.85. The number of phenolic OH excluding ortho intramolecular Hbond substituents is 1. The molecule has 0 saturated carbocycles. The molecule has 1 aromatic rings. The van der Waals surface area contributed by atoms with Gasteiger partial charge in [0.25, 0.3) is 0 Å². The van der Waals surface area contributed by atoms with E-state index in [0.29, 0.717) is 0 Å². The quantitative estimate of drug-likeness (QED) is 0.488. The highest BCUT2D eigenvalue weighted by molar-refractivity contribution is 5.56. The smallest absolute Gasteiger partial charge is 0.416 e. The molecule has 0 amide bonds. The maximum absolute atomic E-state index is 12.2. The fourth-order valence-corrected chi connectivity index (χ4v) is 1.01. The summed E-state index contributed by atoms with van der Waals surface area (Å²) in [5.41, 5.74) is 4.01. The van der Waals surface area contributed by atoms with E-state index in [2.05, 4.69) is 0 Å². The van der Waals surface area contributed by atoms with Gasteiger partial charge in [-0.05, 0) is 24.6 Å². The highest BCUT2D eigenvalue weighted by Crippen LogP contribution is 2.35. The van der Waals surface area contributed by atoms with E-state index in [0.717, 1.165) is 12.1 Å². The number of aromatic hydroxyl groups is 1. The lowest BCUT2D eigenvalue weighted by atomic mass is 10.1. The van der Waals surface area contributed by atoms with Gasteiger partial charge in [0.2, 0.25) is 0 Å². The van der Waals surface area contributed by atoms with Crippen molar-refractivity contribution < 1.29 is 18.3 Å². The van der Waals surface area contributed by atoms with Gasteiger partial charge in [-0.2, -0.15) is 13.2 Å². The number of nitrogens with two attached hydrogens (primary N) is 1. The lowest BCUT2D eigenvalue weighted by Gasteiger charge is -2.11. The maximum atomic E-state index is 12.2. The Bertz CT molecular complexity index is 333. The monoisotopic (exact) mass is 191 g/mol. The van der Waals surface area contributed by atoms with Crippen LogP contribution >= 0.6 is 0 Å². The van der Waals surface area contributed by atoms with Gasteiger partial charge in [-0.1, -0.05) is 0 Å². The van der Waals surface area contributed by atoms with E-state index in [1.165, 1.54) is 6.92 Å². The second-order valence-corrected chi connectivity index (χ2v) is 2.72. The molecule has 0 aliphatic rings. The zero-order chi connectivity index (χ0) is 10.2. The number of benzene rings is 1. The van der Waals surface area contributed by atoms with Gasteiger partial charge in [-0.15, -0.1) is 0 Å². The highest BCUT2D eigenvalue weighted by Gasteiger charge is 2.32. The molecule has 0 radical (unpaired) electrons. The molecule has 1 rings (SSSR count). The van der Waals surface area contributed by atoms with E-state index in [4.69, 9.17) is 10.8 Å². The van der Waals surface area contributed by atoms with Crippen LogP contribution in [0, 0.1) is 6.92 Å². The molecule has 0 atom stereocenters. The number of aryl methyl sites for hydroxylation is 1. The zero-order valence-corrected chi connectivity index (χ0v) is 6.81. The van der Waals surface area contributed by atoms with Crippen molar-refractivity contribution in [1.82, 2.24) is 0 Å². The van der Waals surface area contributed by atoms with Gasteiger partial charge in [-0.25, -0.2) is 0 Å². The van der Waals surface area contributed by atoms with Crippen molar-refractivity contribution in [3.63, 3.8) is 0 Å². The molecule has 0 spiro atoms. The number of nitrogen functional groups attached to an aromatic ring is 1. The van der Waals surface area contributed by atoms with Crippen molar-refractivity contribution in [2.24, 2.45) is 0 Å². The largest absolute Gasteiger partial charge is 0.506 e. The van der Waals surface area contributed by atoms with E-state index in [9.17, 15) is 13.2 Å².